The molecule has 0 radical (unpaired) electrons. The molecule has 4 rings (SSSR count). The molecule has 2 heterocycles. The van der Waals surface area contributed by atoms with E-state index >= 15 is 0 Å². The van der Waals surface area contributed by atoms with Crippen LogP contribution in [0.5, 0.6) is 0 Å². The number of hydrogen-bond acceptors (Lipinski definition) is 3. The Morgan fingerprint density at radius 1 is 1.21 bits per heavy atom. The minimum Gasteiger partial charge on any atom is -0.351 e. The summed E-state index contributed by atoms with van der Waals surface area (Å²) < 4.78 is 13.4. The molecule has 1 fully saturated rings. The first-order valence-corrected chi connectivity index (χ1v) is 10.2. The number of nitrogens with one attached hydrogen (secondary N) is 3. The van der Waals surface area contributed by atoms with Gasteiger partial charge in [-0.05, 0) is 61.2 Å². The van der Waals surface area contributed by atoms with Crippen molar-refractivity contribution in [2.45, 2.75) is 31.3 Å². The smallest absolute Gasteiger partial charge is 0.270 e. The number of halogens is 2. The van der Waals surface area contributed by atoms with Crippen molar-refractivity contribution in [3.8, 4) is 0 Å². The van der Waals surface area contributed by atoms with E-state index < -0.39 is 0 Å². The molecule has 2 atom stereocenters. The van der Waals surface area contributed by atoms with E-state index in [1.54, 1.807) is 23.1 Å². The van der Waals surface area contributed by atoms with Gasteiger partial charge in [0.15, 0.2) is 0 Å². The van der Waals surface area contributed by atoms with Crippen molar-refractivity contribution in [3.05, 3.63) is 70.6 Å². The van der Waals surface area contributed by atoms with Crippen LogP contribution in [0.25, 0.3) is 10.9 Å². The van der Waals surface area contributed by atoms with E-state index in [1.165, 1.54) is 6.07 Å². The highest BCUT2D eigenvalue weighted by Gasteiger charge is 2.25. The second-order valence-electron chi connectivity index (χ2n) is 7.61. The summed E-state index contributed by atoms with van der Waals surface area (Å²) >= 11 is 6.02. The predicted octanol–water partition coefficient (Wildman–Crippen LogP) is 4.42. The molecule has 0 spiro atoms. The molecule has 0 aliphatic carbocycles. The summed E-state index contributed by atoms with van der Waals surface area (Å²) in [6, 6.07) is 14.5. The highest BCUT2D eigenvalue weighted by molar-refractivity contribution is 6.31. The van der Waals surface area contributed by atoms with Gasteiger partial charge in [0, 0.05) is 41.6 Å². The summed E-state index contributed by atoms with van der Waals surface area (Å²) in [6.45, 7) is 0.664. The molecule has 2 aromatic carbocycles. The SMILES string of the molecule is CN(CCCC1CC(c2cccc(F)c2)NN1)C(=O)c1cc2cc(Cl)ccc2[nH]1. The Bertz CT molecular complexity index is 1020. The Kier molecular flexibility index (Phi) is 5.85. The molecule has 1 saturated heterocycles. The number of carbonyl (C=O) groups excluding carboxylic acids is 1. The minimum absolute atomic E-state index is 0.0348. The van der Waals surface area contributed by atoms with Gasteiger partial charge in [0.2, 0.25) is 0 Å². The van der Waals surface area contributed by atoms with E-state index in [1.807, 2.05) is 31.3 Å². The first-order valence-electron chi connectivity index (χ1n) is 9.80. The number of rotatable bonds is 6. The van der Waals surface area contributed by atoms with E-state index in [-0.39, 0.29) is 17.8 Å². The van der Waals surface area contributed by atoms with Crippen LogP contribution in [0.1, 0.15) is 41.4 Å². The van der Waals surface area contributed by atoms with Crippen LogP contribution in [0.15, 0.2) is 48.5 Å². The maximum Gasteiger partial charge on any atom is 0.270 e. The number of nitrogens with zero attached hydrogens (tertiary/aromatic N) is 1. The fraction of sp³-hybridized carbons (Fsp3) is 0.318. The van der Waals surface area contributed by atoms with E-state index in [9.17, 15) is 9.18 Å². The number of benzene rings is 2. The van der Waals surface area contributed by atoms with Gasteiger partial charge in [0.1, 0.15) is 11.5 Å². The van der Waals surface area contributed by atoms with Crippen molar-refractivity contribution in [2.75, 3.05) is 13.6 Å². The summed E-state index contributed by atoms with van der Waals surface area (Å²) in [5, 5.41) is 1.58. The molecule has 5 nitrogen and oxygen atoms in total. The number of hydrazine groups is 1. The fourth-order valence-corrected chi connectivity index (χ4v) is 4.03. The zero-order valence-corrected chi connectivity index (χ0v) is 17.0. The summed E-state index contributed by atoms with van der Waals surface area (Å²) in [5.41, 5.74) is 8.95. The Labute approximate surface area is 174 Å². The normalized spacial score (nSPS) is 19.0. The first-order chi connectivity index (χ1) is 14.0. The Hall–Kier alpha value is -2.41. The Balaban J connectivity index is 1.27. The Morgan fingerprint density at radius 3 is 2.90 bits per heavy atom. The molecule has 0 bridgehead atoms. The number of aromatic nitrogens is 1. The van der Waals surface area contributed by atoms with Crippen molar-refractivity contribution >= 4 is 28.4 Å². The predicted molar refractivity (Wildman–Crippen MR) is 113 cm³/mol. The van der Waals surface area contributed by atoms with Crippen LogP contribution in [-0.2, 0) is 0 Å². The molecule has 3 N–H and O–H groups in total. The van der Waals surface area contributed by atoms with Crippen molar-refractivity contribution in [1.82, 2.24) is 20.7 Å². The summed E-state index contributed by atoms with van der Waals surface area (Å²) in [7, 11) is 1.82. The largest absolute Gasteiger partial charge is 0.351 e. The van der Waals surface area contributed by atoms with E-state index in [0.717, 1.165) is 35.7 Å². The van der Waals surface area contributed by atoms with E-state index in [0.29, 0.717) is 23.3 Å². The van der Waals surface area contributed by atoms with E-state index in [2.05, 4.69) is 15.8 Å². The monoisotopic (exact) mass is 414 g/mol. The van der Waals surface area contributed by atoms with Gasteiger partial charge < -0.3 is 9.88 Å². The lowest BCUT2D eigenvalue weighted by atomic mass is 9.99. The zero-order chi connectivity index (χ0) is 20.4. The molecule has 1 aliphatic rings. The van der Waals surface area contributed by atoms with Crippen LogP contribution in [0.4, 0.5) is 4.39 Å². The van der Waals surface area contributed by atoms with Crippen LogP contribution in [0.2, 0.25) is 5.02 Å². The quantitative estimate of drug-likeness (QED) is 0.559. The van der Waals surface area contributed by atoms with Crippen LogP contribution < -0.4 is 10.9 Å². The van der Waals surface area contributed by atoms with Crippen molar-refractivity contribution in [1.29, 1.82) is 0 Å². The minimum atomic E-state index is -0.216. The molecule has 2 unspecified atom stereocenters. The van der Waals surface area contributed by atoms with Gasteiger partial charge in [0.25, 0.3) is 5.91 Å². The zero-order valence-electron chi connectivity index (χ0n) is 16.2. The van der Waals surface area contributed by atoms with Crippen LogP contribution >= 0.6 is 11.6 Å². The lowest BCUT2D eigenvalue weighted by Gasteiger charge is -2.17. The second kappa shape index (κ2) is 8.53. The molecule has 1 amide bonds. The molecule has 1 aromatic heterocycles. The van der Waals surface area contributed by atoms with Gasteiger partial charge >= 0.3 is 0 Å². The fourth-order valence-electron chi connectivity index (χ4n) is 3.85. The summed E-state index contributed by atoms with van der Waals surface area (Å²) in [6.07, 6.45) is 2.70. The van der Waals surface area contributed by atoms with Gasteiger partial charge in [-0.1, -0.05) is 23.7 Å². The lowest BCUT2D eigenvalue weighted by Crippen LogP contribution is -2.32. The summed E-state index contributed by atoms with van der Waals surface area (Å²) in [4.78, 5) is 17.6. The number of hydrogen-bond donors (Lipinski definition) is 3. The molecule has 29 heavy (non-hydrogen) atoms. The van der Waals surface area contributed by atoms with E-state index in [4.69, 9.17) is 11.6 Å². The highest BCUT2D eigenvalue weighted by atomic mass is 35.5. The van der Waals surface area contributed by atoms with Crippen LogP contribution in [0.3, 0.4) is 0 Å². The second-order valence-corrected chi connectivity index (χ2v) is 8.05. The molecule has 1 aliphatic heterocycles. The number of fused-ring (bicyclic) bond motifs is 1. The average Bonchev–Trinajstić information content (AvgIpc) is 3.34. The maximum absolute atomic E-state index is 13.4. The van der Waals surface area contributed by atoms with Gasteiger partial charge in [-0.3, -0.25) is 15.6 Å². The van der Waals surface area contributed by atoms with Crippen LogP contribution in [-0.4, -0.2) is 35.4 Å². The maximum atomic E-state index is 13.4. The molecular formula is C22H24ClFN4O. The van der Waals surface area contributed by atoms with Crippen molar-refractivity contribution < 1.29 is 9.18 Å². The molecular weight excluding hydrogens is 391 g/mol. The molecule has 0 saturated carbocycles. The molecule has 3 aromatic rings. The highest BCUT2D eigenvalue weighted by Crippen LogP contribution is 2.25. The van der Waals surface area contributed by atoms with Crippen molar-refractivity contribution in [2.24, 2.45) is 0 Å². The van der Waals surface area contributed by atoms with Gasteiger partial charge in [-0.2, -0.15) is 0 Å². The number of aromatic amines is 1. The lowest BCUT2D eigenvalue weighted by molar-refractivity contribution is 0.0787. The van der Waals surface area contributed by atoms with Gasteiger partial charge in [-0.25, -0.2) is 4.39 Å². The standard InChI is InChI=1S/C22H24ClFN4O/c1-28(22(29)21-12-15-10-16(23)7-8-19(15)25-21)9-3-6-18-13-20(27-26-18)14-4-2-5-17(24)11-14/h2,4-5,7-8,10-12,18,20,25-27H,3,6,9,13H2,1H3. The number of amides is 1. The van der Waals surface area contributed by atoms with Crippen LogP contribution in [0, 0.1) is 5.82 Å². The third kappa shape index (κ3) is 4.61. The topological polar surface area (TPSA) is 60.2 Å². The first kappa shape index (κ1) is 19.9. The third-order valence-electron chi connectivity index (χ3n) is 5.44. The summed E-state index contributed by atoms with van der Waals surface area (Å²) in [5.74, 6) is -0.250. The molecule has 152 valence electrons. The Morgan fingerprint density at radius 2 is 2.07 bits per heavy atom. The molecule has 7 heteroatoms. The van der Waals surface area contributed by atoms with Gasteiger partial charge in [0.05, 0.1) is 0 Å². The number of carbonyl (C=O) groups is 1. The average molecular weight is 415 g/mol. The van der Waals surface area contributed by atoms with Gasteiger partial charge in [-0.15, -0.1) is 0 Å². The third-order valence-corrected chi connectivity index (χ3v) is 5.67. The van der Waals surface area contributed by atoms with Crippen molar-refractivity contribution in [3.63, 3.8) is 0 Å². The number of H-pyrrole nitrogens is 1.